The summed E-state index contributed by atoms with van der Waals surface area (Å²) >= 11 is 0. The van der Waals surface area contributed by atoms with Crippen LogP contribution in [0.1, 0.15) is 44.5 Å². The summed E-state index contributed by atoms with van der Waals surface area (Å²) in [6, 6.07) is 21.3. The molecule has 1 N–H and O–H groups in total. The van der Waals surface area contributed by atoms with Crippen LogP contribution in [0.15, 0.2) is 66.7 Å². The number of rotatable bonds is 13. The van der Waals surface area contributed by atoms with Crippen molar-refractivity contribution in [3.05, 3.63) is 72.3 Å². The third-order valence-electron chi connectivity index (χ3n) is 6.64. The van der Waals surface area contributed by atoms with Crippen molar-refractivity contribution in [3.63, 3.8) is 0 Å². The summed E-state index contributed by atoms with van der Waals surface area (Å²) < 4.78 is 11.3. The van der Waals surface area contributed by atoms with Crippen molar-refractivity contribution < 1.29 is 14.3 Å². The first-order valence-electron chi connectivity index (χ1n) is 13.8. The molecule has 0 saturated carbocycles. The van der Waals surface area contributed by atoms with Crippen LogP contribution in [-0.4, -0.2) is 60.2 Å². The molecule has 1 amide bonds. The zero-order valence-corrected chi connectivity index (χ0v) is 23.4. The number of hydrogen-bond acceptors (Lipinski definition) is 6. The molecular formula is C32H38N4O3. The van der Waals surface area contributed by atoms with E-state index in [0.29, 0.717) is 30.8 Å². The first-order valence-corrected chi connectivity index (χ1v) is 13.8. The van der Waals surface area contributed by atoms with Crippen molar-refractivity contribution in [2.24, 2.45) is 0 Å². The molecule has 4 rings (SSSR count). The van der Waals surface area contributed by atoms with Gasteiger partial charge in [-0.25, -0.2) is 9.97 Å². The molecule has 0 bridgehead atoms. The Morgan fingerprint density at radius 1 is 0.744 bits per heavy atom. The fourth-order valence-corrected chi connectivity index (χ4v) is 4.50. The minimum atomic E-state index is -0.101. The van der Waals surface area contributed by atoms with Gasteiger partial charge in [-0.2, -0.15) is 0 Å². The van der Waals surface area contributed by atoms with E-state index in [9.17, 15) is 4.79 Å². The van der Waals surface area contributed by atoms with E-state index in [-0.39, 0.29) is 5.91 Å². The summed E-state index contributed by atoms with van der Waals surface area (Å²) in [5.74, 6) is 1.51. The van der Waals surface area contributed by atoms with Crippen LogP contribution in [0.4, 0.5) is 0 Å². The van der Waals surface area contributed by atoms with Gasteiger partial charge in [0.15, 0.2) is 0 Å². The predicted molar refractivity (Wildman–Crippen MR) is 157 cm³/mol. The molecule has 0 aliphatic carbocycles. The highest BCUT2D eigenvalue weighted by Crippen LogP contribution is 2.33. The van der Waals surface area contributed by atoms with Crippen LogP contribution in [0.5, 0.6) is 11.5 Å². The summed E-state index contributed by atoms with van der Waals surface area (Å²) in [7, 11) is 0. The molecule has 0 fully saturated rings. The molecule has 0 aliphatic rings. The Morgan fingerprint density at radius 3 is 1.79 bits per heavy atom. The van der Waals surface area contributed by atoms with Gasteiger partial charge in [0, 0.05) is 23.2 Å². The number of hydrogen-bond donors (Lipinski definition) is 1. The first kappa shape index (κ1) is 28.0. The Balaban J connectivity index is 1.66. The van der Waals surface area contributed by atoms with Gasteiger partial charge in [0.25, 0.3) is 5.91 Å². The van der Waals surface area contributed by atoms with E-state index >= 15 is 0 Å². The quantitative estimate of drug-likeness (QED) is 0.208. The molecule has 0 spiro atoms. The summed E-state index contributed by atoms with van der Waals surface area (Å²) in [6.07, 6.45) is 0.911. The molecule has 4 aromatic rings. The Bertz CT molecular complexity index is 1370. The number of aromatic nitrogens is 2. The van der Waals surface area contributed by atoms with Gasteiger partial charge in [-0.3, -0.25) is 4.79 Å². The zero-order valence-electron chi connectivity index (χ0n) is 23.4. The predicted octanol–water partition coefficient (Wildman–Crippen LogP) is 6.22. The van der Waals surface area contributed by atoms with Gasteiger partial charge in [-0.1, -0.05) is 13.8 Å². The summed E-state index contributed by atoms with van der Waals surface area (Å²) in [5.41, 5.74) is 5.34. The van der Waals surface area contributed by atoms with Crippen molar-refractivity contribution in [2.45, 2.75) is 34.1 Å². The van der Waals surface area contributed by atoms with Crippen molar-refractivity contribution in [2.75, 3.05) is 39.4 Å². The fraction of sp³-hybridized carbons (Fsp3) is 0.344. The molecule has 0 saturated heterocycles. The molecule has 204 valence electrons. The Labute approximate surface area is 231 Å². The molecule has 1 aromatic heterocycles. The largest absolute Gasteiger partial charge is 0.494 e. The van der Waals surface area contributed by atoms with E-state index in [1.165, 1.54) is 0 Å². The van der Waals surface area contributed by atoms with E-state index < -0.39 is 0 Å². The summed E-state index contributed by atoms with van der Waals surface area (Å²) in [6.45, 7) is 13.1. The molecule has 0 atom stereocenters. The van der Waals surface area contributed by atoms with Gasteiger partial charge in [0.05, 0.1) is 35.6 Å². The van der Waals surface area contributed by atoms with Gasteiger partial charge in [0.1, 0.15) is 11.5 Å². The third kappa shape index (κ3) is 7.12. The number of ether oxygens (including phenoxy) is 2. The van der Waals surface area contributed by atoms with Crippen LogP contribution in [0.25, 0.3) is 33.5 Å². The maximum Gasteiger partial charge on any atom is 0.251 e. The highest BCUT2D eigenvalue weighted by molar-refractivity contribution is 5.98. The smallest absolute Gasteiger partial charge is 0.251 e. The second-order valence-electron chi connectivity index (χ2n) is 9.18. The van der Waals surface area contributed by atoms with Crippen molar-refractivity contribution in [1.82, 2.24) is 20.2 Å². The van der Waals surface area contributed by atoms with Crippen LogP contribution >= 0.6 is 0 Å². The molecule has 0 unspecified atom stereocenters. The molecule has 3 aromatic carbocycles. The normalized spacial score (nSPS) is 11.1. The lowest BCUT2D eigenvalue weighted by molar-refractivity contribution is 0.0952. The third-order valence-corrected chi connectivity index (χ3v) is 6.64. The monoisotopic (exact) mass is 526 g/mol. The van der Waals surface area contributed by atoms with Crippen LogP contribution < -0.4 is 14.8 Å². The highest BCUT2D eigenvalue weighted by atomic mass is 16.5. The molecule has 1 heterocycles. The van der Waals surface area contributed by atoms with Crippen molar-refractivity contribution in [3.8, 4) is 34.0 Å². The van der Waals surface area contributed by atoms with E-state index in [0.717, 1.165) is 65.6 Å². The second-order valence-corrected chi connectivity index (χ2v) is 9.18. The number of amides is 1. The van der Waals surface area contributed by atoms with Crippen molar-refractivity contribution >= 4 is 16.9 Å². The maximum atomic E-state index is 12.9. The lowest BCUT2D eigenvalue weighted by Crippen LogP contribution is -2.29. The van der Waals surface area contributed by atoms with Gasteiger partial charge in [-0.05, 0) is 107 Å². The van der Waals surface area contributed by atoms with Crippen LogP contribution in [0.3, 0.4) is 0 Å². The number of nitrogens with zero attached hydrogens (tertiary/aromatic N) is 3. The number of carbonyl (C=O) groups is 1. The van der Waals surface area contributed by atoms with Gasteiger partial charge in [-0.15, -0.1) is 0 Å². The maximum absolute atomic E-state index is 12.9. The number of benzene rings is 3. The first-order chi connectivity index (χ1) is 19.1. The van der Waals surface area contributed by atoms with Gasteiger partial charge in [0.2, 0.25) is 0 Å². The lowest BCUT2D eigenvalue weighted by Gasteiger charge is -2.17. The topological polar surface area (TPSA) is 76.6 Å². The number of fused-ring (bicyclic) bond motifs is 1. The molecule has 39 heavy (non-hydrogen) atoms. The average molecular weight is 527 g/mol. The number of carbonyl (C=O) groups excluding carboxylic acids is 1. The molecular weight excluding hydrogens is 488 g/mol. The summed E-state index contributed by atoms with van der Waals surface area (Å²) in [5, 5.41) is 3.04. The van der Waals surface area contributed by atoms with E-state index in [2.05, 4.69) is 24.1 Å². The standard InChI is InChI=1S/C32H38N4O3/c1-5-36(6-2)21-9-20-33-32(37)25-14-19-28-29(22-25)35-31(24-12-17-27(18-13-24)39-8-4)30(34-28)23-10-15-26(16-11-23)38-7-3/h10-19,22H,5-9,20-21H2,1-4H3,(H,33,37). The Hall–Kier alpha value is -3.97. The van der Waals surface area contributed by atoms with E-state index in [1.807, 2.05) is 80.6 Å². The highest BCUT2D eigenvalue weighted by Gasteiger charge is 2.15. The van der Waals surface area contributed by atoms with Crippen molar-refractivity contribution in [1.29, 1.82) is 0 Å². The second kappa shape index (κ2) is 13.7. The molecule has 7 heteroatoms. The van der Waals surface area contributed by atoms with Gasteiger partial charge < -0.3 is 19.7 Å². The minimum Gasteiger partial charge on any atom is -0.494 e. The zero-order chi connectivity index (χ0) is 27.6. The SMILES string of the molecule is CCOc1ccc(-c2nc3ccc(C(=O)NCCCN(CC)CC)cc3nc2-c2ccc(OCC)cc2)cc1. The molecule has 0 radical (unpaired) electrons. The lowest BCUT2D eigenvalue weighted by atomic mass is 10.0. The minimum absolute atomic E-state index is 0.101. The molecule has 0 aliphatic heterocycles. The van der Waals surface area contributed by atoms with Crippen LogP contribution in [-0.2, 0) is 0 Å². The van der Waals surface area contributed by atoms with Crippen LogP contribution in [0, 0.1) is 0 Å². The fourth-order valence-electron chi connectivity index (χ4n) is 4.50. The average Bonchev–Trinajstić information content (AvgIpc) is 2.97. The number of nitrogens with one attached hydrogen (secondary N) is 1. The van der Waals surface area contributed by atoms with Crippen LogP contribution in [0.2, 0.25) is 0 Å². The molecule has 7 nitrogen and oxygen atoms in total. The van der Waals surface area contributed by atoms with E-state index in [1.54, 1.807) is 0 Å². The van der Waals surface area contributed by atoms with Gasteiger partial charge >= 0.3 is 0 Å². The van der Waals surface area contributed by atoms with E-state index in [4.69, 9.17) is 19.4 Å². The Morgan fingerprint density at radius 2 is 1.28 bits per heavy atom. The summed E-state index contributed by atoms with van der Waals surface area (Å²) in [4.78, 5) is 25.3. The Kier molecular flexibility index (Phi) is 9.86.